The van der Waals surface area contributed by atoms with Crippen molar-refractivity contribution in [3.8, 4) is 0 Å². The van der Waals surface area contributed by atoms with Crippen LogP contribution in [0.15, 0.2) is 0 Å². The van der Waals surface area contributed by atoms with Gasteiger partial charge in [0.1, 0.15) is 0 Å². The summed E-state index contributed by atoms with van der Waals surface area (Å²) in [6.07, 6.45) is 1.84. The third-order valence-electron chi connectivity index (χ3n) is 5.87. The molecule has 0 amide bonds. The predicted molar refractivity (Wildman–Crippen MR) is 65.5 cm³/mol. The van der Waals surface area contributed by atoms with Crippen LogP contribution in [-0.4, -0.2) is 29.3 Å². The molecule has 5 unspecified atom stereocenters. The van der Waals surface area contributed by atoms with Crippen LogP contribution in [0.3, 0.4) is 0 Å². The summed E-state index contributed by atoms with van der Waals surface area (Å²) in [7, 11) is -4.04. The van der Waals surface area contributed by atoms with Crippen molar-refractivity contribution in [2.24, 2.45) is 22.2 Å². The molecule has 0 aliphatic heterocycles. The topological polar surface area (TPSA) is 71.4 Å². The summed E-state index contributed by atoms with van der Waals surface area (Å²) in [6, 6.07) is 0. The standard InChI is InChI=1S/C11H15BrO4S/c1-9-4-3-6-7(12)8(13)11(6,9)10(9,2)5-17(14,15)16/h6-7H,3-5H2,1-2H3,(H,14,15,16). The fraction of sp³-hybridized carbons (Fsp3) is 0.909. The van der Waals surface area contributed by atoms with Crippen molar-refractivity contribution in [2.45, 2.75) is 31.5 Å². The highest BCUT2D eigenvalue weighted by Gasteiger charge is 2.94. The quantitative estimate of drug-likeness (QED) is 0.619. The smallest absolute Gasteiger partial charge is 0.265 e. The van der Waals surface area contributed by atoms with Gasteiger partial charge < -0.3 is 0 Å². The number of hydrogen-bond acceptors (Lipinski definition) is 3. The van der Waals surface area contributed by atoms with Crippen molar-refractivity contribution in [3.05, 3.63) is 0 Å². The number of Topliss-reactive ketones (excluding diaryl/α,β-unsaturated/α-hetero) is 1. The highest BCUT2D eigenvalue weighted by Crippen LogP contribution is 2.92. The number of ketones is 1. The Morgan fingerprint density at radius 3 is 2.59 bits per heavy atom. The van der Waals surface area contributed by atoms with Gasteiger partial charge in [0.25, 0.3) is 10.1 Å². The SMILES string of the molecule is CC12CCC3C(Br)C(=O)C31C2(C)CS(=O)(=O)O. The van der Waals surface area contributed by atoms with Crippen LogP contribution in [0.1, 0.15) is 26.7 Å². The highest BCUT2D eigenvalue weighted by molar-refractivity contribution is 9.10. The molecule has 3 fully saturated rings. The normalized spacial score (nSPS) is 56.1. The van der Waals surface area contributed by atoms with E-state index in [1.165, 1.54) is 0 Å². The first-order valence-corrected chi connectivity index (χ1v) is 8.28. The Morgan fingerprint density at radius 1 is 1.47 bits per heavy atom. The van der Waals surface area contributed by atoms with Gasteiger partial charge in [0.2, 0.25) is 0 Å². The lowest BCUT2D eigenvalue weighted by Crippen LogP contribution is -2.53. The van der Waals surface area contributed by atoms with Gasteiger partial charge >= 0.3 is 0 Å². The van der Waals surface area contributed by atoms with E-state index in [1.807, 2.05) is 13.8 Å². The average molecular weight is 323 g/mol. The van der Waals surface area contributed by atoms with Crippen LogP contribution in [0.25, 0.3) is 0 Å². The first-order valence-electron chi connectivity index (χ1n) is 5.75. The molecule has 4 nitrogen and oxygen atoms in total. The highest BCUT2D eigenvalue weighted by atomic mass is 79.9. The number of alkyl halides is 1. The summed E-state index contributed by atoms with van der Waals surface area (Å²) in [5, 5.41) is 0. The molecule has 5 atom stereocenters. The Balaban J connectivity index is 2.05. The van der Waals surface area contributed by atoms with Gasteiger partial charge in [-0.1, -0.05) is 29.8 Å². The predicted octanol–water partition coefficient (Wildman–Crippen LogP) is 1.64. The Labute approximate surface area is 109 Å². The van der Waals surface area contributed by atoms with Crippen molar-refractivity contribution >= 4 is 31.8 Å². The Bertz CT molecular complexity index is 530. The molecule has 0 aromatic heterocycles. The fourth-order valence-electron chi connectivity index (χ4n) is 5.09. The second-order valence-electron chi connectivity index (χ2n) is 6.11. The molecule has 0 aromatic rings. The molecule has 17 heavy (non-hydrogen) atoms. The molecule has 1 N–H and O–H groups in total. The maximum absolute atomic E-state index is 12.2. The third kappa shape index (κ3) is 0.975. The lowest BCUT2D eigenvalue weighted by Gasteiger charge is -2.42. The van der Waals surface area contributed by atoms with Crippen molar-refractivity contribution in [1.29, 1.82) is 0 Å². The zero-order chi connectivity index (χ0) is 12.9. The van der Waals surface area contributed by atoms with E-state index in [2.05, 4.69) is 15.9 Å². The minimum absolute atomic E-state index is 0.118. The molecule has 3 rings (SSSR count). The van der Waals surface area contributed by atoms with Crippen molar-refractivity contribution in [3.63, 3.8) is 0 Å². The Morgan fingerprint density at radius 2 is 2.06 bits per heavy atom. The first-order chi connectivity index (χ1) is 7.62. The summed E-state index contributed by atoms with van der Waals surface area (Å²) in [4.78, 5) is 12.1. The monoisotopic (exact) mass is 322 g/mol. The van der Waals surface area contributed by atoms with E-state index in [0.717, 1.165) is 12.8 Å². The minimum Gasteiger partial charge on any atom is -0.298 e. The first kappa shape index (κ1) is 12.1. The molecule has 3 aliphatic carbocycles. The minimum atomic E-state index is -4.04. The fourth-order valence-corrected chi connectivity index (χ4v) is 7.39. The van der Waals surface area contributed by atoms with Crippen molar-refractivity contribution < 1.29 is 17.8 Å². The second kappa shape index (κ2) is 2.80. The zero-order valence-electron chi connectivity index (χ0n) is 9.73. The van der Waals surface area contributed by atoms with Gasteiger partial charge in [-0.3, -0.25) is 9.35 Å². The van der Waals surface area contributed by atoms with Crippen LogP contribution in [0.5, 0.6) is 0 Å². The zero-order valence-corrected chi connectivity index (χ0v) is 12.1. The number of rotatable bonds is 2. The van der Waals surface area contributed by atoms with Crippen LogP contribution in [0, 0.1) is 22.2 Å². The molecule has 0 bridgehead atoms. The van der Waals surface area contributed by atoms with Crippen LogP contribution < -0.4 is 0 Å². The molecular formula is C11H15BrO4S. The summed E-state index contributed by atoms with van der Waals surface area (Å²) in [5.41, 5.74) is -1.33. The maximum atomic E-state index is 12.2. The van der Waals surface area contributed by atoms with E-state index in [-0.39, 0.29) is 27.7 Å². The van der Waals surface area contributed by atoms with Gasteiger partial charge in [-0.15, -0.1) is 0 Å². The second-order valence-corrected chi connectivity index (χ2v) is 8.55. The largest absolute Gasteiger partial charge is 0.298 e. The molecule has 3 saturated carbocycles. The van der Waals surface area contributed by atoms with Gasteiger partial charge in [0, 0.05) is 10.8 Å². The van der Waals surface area contributed by atoms with Crippen LogP contribution in [-0.2, 0) is 14.9 Å². The van der Waals surface area contributed by atoms with E-state index in [9.17, 15) is 13.2 Å². The number of hydrogen-bond donors (Lipinski definition) is 1. The van der Waals surface area contributed by atoms with Crippen LogP contribution in [0.2, 0.25) is 0 Å². The van der Waals surface area contributed by atoms with E-state index < -0.39 is 20.9 Å². The Hall–Kier alpha value is 0.0600. The van der Waals surface area contributed by atoms with E-state index >= 15 is 0 Å². The van der Waals surface area contributed by atoms with Crippen LogP contribution in [0.4, 0.5) is 0 Å². The number of carbonyl (C=O) groups excluding carboxylic acids is 1. The van der Waals surface area contributed by atoms with E-state index in [0.29, 0.717) is 0 Å². The lowest BCUT2D eigenvalue weighted by atomic mass is 9.65. The van der Waals surface area contributed by atoms with Crippen molar-refractivity contribution in [2.75, 3.05) is 5.75 Å². The average Bonchev–Trinajstić information content (AvgIpc) is 2.52. The summed E-state index contributed by atoms with van der Waals surface area (Å²) in [6.45, 7) is 3.83. The van der Waals surface area contributed by atoms with Gasteiger partial charge in [-0.05, 0) is 24.2 Å². The molecule has 0 aromatic carbocycles. The third-order valence-corrected chi connectivity index (χ3v) is 7.87. The summed E-state index contributed by atoms with van der Waals surface area (Å²) in [5.74, 6) is 0.0822. The van der Waals surface area contributed by atoms with Gasteiger partial charge in [0.15, 0.2) is 5.78 Å². The molecule has 0 saturated heterocycles. The maximum Gasteiger partial charge on any atom is 0.265 e. The molecular weight excluding hydrogens is 308 g/mol. The summed E-state index contributed by atoms with van der Waals surface area (Å²) < 4.78 is 31.4. The van der Waals surface area contributed by atoms with Gasteiger partial charge in [0.05, 0.1) is 10.6 Å². The van der Waals surface area contributed by atoms with E-state index in [4.69, 9.17) is 4.55 Å². The molecule has 0 heterocycles. The van der Waals surface area contributed by atoms with Gasteiger partial charge in [-0.2, -0.15) is 8.42 Å². The molecule has 0 radical (unpaired) electrons. The molecule has 1 spiro atoms. The van der Waals surface area contributed by atoms with Crippen molar-refractivity contribution in [1.82, 2.24) is 0 Å². The lowest BCUT2D eigenvalue weighted by molar-refractivity contribution is -0.137. The van der Waals surface area contributed by atoms with Gasteiger partial charge in [-0.25, -0.2) is 0 Å². The Kier molecular flexibility index (Phi) is 2.00. The van der Waals surface area contributed by atoms with Crippen LogP contribution >= 0.6 is 15.9 Å². The molecule has 6 heteroatoms. The molecule has 3 aliphatic rings. The summed E-state index contributed by atoms with van der Waals surface area (Å²) >= 11 is 3.39. The van der Waals surface area contributed by atoms with E-state index in [1.54, 1.807) is 0 Å². The number of halogens is 1. The number of carbonyl (C=O) groups is 1. The molecule has 96 valence electrons.